The summed E-state index contributed by atoms with van der Waals surface area (Å²) in [5.41, 5.74) is -0.906. The molecule has 34 heavy (non-hydrogen) atoms. The van der Waals surface area contributed by atoms with Gasteiger partial charge in [0.05, 0.1) is 6.20 Å². The first kappa shape index (κ1) is 21.7. The van der Waals surface area contributed by atoms with E-state index in [1.54, 1.807) is 30.5 Å². The third-order valence-corrected chi connectivity index (χ3v) is 6.22. The number of carbonyl (C=O) groups excluding carboxylic acids is 3. The fourth-order valence-corrected chi connectivity index (χ4v) is 4.53. The van der Waals surface area contributed by atoms with Crippen molar-refractivity contribution >= 4 is 17.8 Å². The zero-order chi connectivity index (χ0) is 23.5. The topological polar surface area (TPSA) is 120 Å². The smallest absolute Gasteiger partial charge is 0.328 e. The zero-order valence-electron chi connectivity index (χ0n) is 18.3. The molecule has 2 N–H and O–H groups in total. The number of amides is 4. The van der Waals surface area contributed by atoms with E-state index in [9.17, 15) is 14.4 Å². The van der Waals surface area contributed by atoms with Crippen LogP contribution < -0.4 is 20.1 Å². The van der Waals surface area contributed by atoms with Gasteiger partial charge in [-0.05, 0) is 61.4 Å². The number of rotatable bonds is 6. The summed E-state index contributed by atoms with van der Waals surface area (Å²) >= 11 is 0. The Kier molecular flexibility index (Phi) is 5.75. The van der Waals surface area contributed by atoms with E-state index in [-0.39, 0.29) is 5.92 Å². The molecule has 2 fully saturated rings. The number of nitrogens with one attached hydrogen (secondary N) is 2. The number of carbonyl (C=O) groups is 3. The molecule has 1 aromatic heterocycles. The van der Waals surface area contributed by atoms with E-state index < -0.39 is 23.4 Å². The Bertz CT molecular complexity index is 1160. The average molecular weight is 461 g/mol. The minimum atomic E-state index is -1.78. The molecule has 1 saturated carbocycles. The van der Waals surface area contributed by atoms with Crippen molar-refractivity contribution in [3.8, 4) is 28.6 Å². The lowest BCUT2D eigenvalue weighted by Gasteiger charge is -2.41. The first-order chi connectivity index (χ1) is 16.5. The van der Waals surface area contributed by atoms with Gasteiger partial charge < -0.3 is 13.9 Å². The molecule has 2 heterocycles. The van der Waals surface area contributed by atoms with Crippen LogP contribution in [0, 0.1) is 5.92 Å². The van der Waals surface area contributed by atoms with Gasteiger partial charge in [0.1, 0.15) is 17.2 Å². The van der Waals surface area contributed by atoms with Gasteiger partial charge in [-0.2, -0.15) is 0 Å². The molecule has 0 radical (unpaired) electrons. The van der Waals surface area contributed by atoms with Crippen LogP contribution in [-0.4, -0.2) is 28.4 Å². The van der Waals surface area contributed by atoms with Crippen LogP contribution in [0.3, 0.4) is 0 Å². The highest BCUT2D eigenvalue weighted by molar-refractivity contribution is 6.22. The Morgan fingerprint density at radius 1 is 0.824 bits per heavy atom. The number of ether oxygens (including phenoxy) is 2. The van der Waals surface area contributed by atoms with Crippen LogP contribution in [0.15, 0.2) is 65.5 Å². The van der Waals surface area contributed by atoms with Crippen LogP contribution in [0.5, 0.6) is 17.2 Å². The van der Waals surface area contributed by atoms with Crippen LogP contribution in [0.4, 0.5) is 4.79 Å². The number of hydrogen-bond acceptors (Lipinski definition) is 7. The highest BCUT2D eigenvalue weighted by atomic mass is 16.5. The molecular weight excluding hydrogens is 438 g/mol. The van der Waals surface area contributed by atoms with Crippen LogP contribution in [-0.2, 0) is 9.59 Å². The first-order valence-corrected chi connectivity index (χ1v) is 11.2. The number of urea groups is 1. The predicted molar refractivity (Wildman–Crippen MR) is 120 cm³/mol. The third kappa shape index (κ3) is 4.12. The lowest BCUT2D eigenvalue weighted by Crippen LogP contribution is -2.72. The van der Waals surface area contributed by atoms with Crippen molar-refractivity contribution in [2.75, 3.05) is 0 Å². The highest BCUT2D eigenvalue weighted by Crippen LogP contribution is 2.38. The van der Waals surface area contributed by atoms with Gasteiger partial charge >= 0.3 is 6.03 Å². The molecule has 1 saturated heterocycles. The molecule has 0 bridgehead atoms. The lowest BCUT2D eigenvalue weighted by molar-refractivity contribution is -0.158. The Labute approximate surface area is 195 Å². The normalized spacial score (nSPS) is 18.2. The largest absolute Gasteiger partial charge is 0.467 e. The molecule has 2 aliphatic rings. The minimum absolute atomic E-state index is 0.326. The number of nitrogens with zero attached hydrogens (tertiary/aromatic N) is 1. The molecule has 2 aromatic carbocycles. The molecule has 1 aliphatic carbocycles. The number of oxazole rings is 1. The van der Waals surface area contributed by atoms with Crippen molar-refractivity contribution in [3.05, 3.63) is 61.1 Å². The predicted octanol–water partition coefficient (Wildman–Crippen LogP) is 4.20. The summed E-state index contributed by atoms with van der Waals surface area (Å²) in [6.45, 7) is 0. The number of aromatic nitrogens is 1. The number of hydrogen-bond donors (Lipinski definition) is 2. The lowest BCUT2D eigenvalue weighted by atomic mass is 9.75. The van der Waals surface area contributed by atoms with Crippen LogP contribution >= 0.6 is 0 Å². The molecule has 9 nitrogen and oxygen atoms in total. The van der Waals surface area contributed by atoms with Crippen molar-refractivity contribution in [3.63, 3.8) is 0 Å². The minimum Gasteiger partial charge on any atom is -0.467 e. The molecule has 9 heteroatoms. The second-order valence-electron chi connectivity index (χ2n) is 8.37. The Morgan fingerprint density at radius 2 is 1.41 bits per heavy atom. The molecule has 0 spiro atoms. The first-order valence-electron chi connectivity index (χ1n) is 11.2. The molecule has 3 aromatic rings. The fourth-order valence-electron chi connectivity index (χ4n) is 4.53. The SMILES string of the molecule is O=C1NC(=O)C(Oc2ccc(Oc3ccc(-c4cnco4)cc3)cc2)(C2CCCCC2)C(=O)N1. The Hall–Kier alpha value is -4.14. The van der Waals surface area contributed by atoms with E-state index in [0.717, 1.165) is 24.8 Å². The number of benzene rings is 2. The van der Waals surface area contributed by atoms with Crippen LogP contribution in [0.2, 0.25) is 0 Å². The molecule has 4 amide bonds. The highest BCUT2D eigenvalue weighted by Gasteiger charge is 2.58. The molecule has 0 atom stereocenters. The van der Waals surface area contributed by atoms with Gasteiger partial charge in [-0.1, -0.05) is 19.3 Å². The summed E-state index contributed by atoms with van der Waals surface area (Å²) in [5, 5.41) is 4.41. The van der Waals surface area contributed by atoms with Crippen molar-refractivity contribution < 1.29 is 28.3 Å². The Morgan fingerprint density at radius 3 is 2.00 bits per heavy atom. The molecular formula is C25H23N3O6. The van der Waals surface area contributed by atoms with Crippen molar-refractivity contribution in [1.82, 2.24) is 15.6 Å². The molecule has 1 aliphatic heterocycles. The molecule has 0 unspecified atom stereocenters. The van der Waals surface area contributed by atoms with Crippen LogP contribution in [0.25, 0.3) is 11.3 Å². The van der Waals surface area contributed by atoms with Crippen LogP contribution in [0.1, 0.15) is 32.1 Å². The number of imide groups is 2. The maximum atomic E-state index is 12.9. The Balaban J connectivity index is 1.33. The van der Waals surface area contributed by atoms with E-state index >= 15 is 0 Å². The summed E-state index contributed by atoms with van der Waals surface area (Å²) in [6.07, 6.45) is 7.18. The summed E-state index contributed by atoms with van der Waals surface area (Å²) in [5.74, 6) is 0.406. The second kappa shape index (κ2) is 9.01. The summed E-state index contributed by atoms with van der Waals surface area (Å²) < 4.78 is 17.2. The zero-order valence-corrected chi connectivity index (χ0v) is 18.3. The summed E-state index contributed by atoms with van der Waals surface area (Å²) in [4.78, 5) is 41.4. The van der Waals surface area contributed by atoms with E-state index in [4.69, 9.17) is 13.9 Å². The standard InChI is InChI=1S/C25H23N3O6/c29-22-25(17-4-2-1-3-5-17,23(30)28-24(31)27-22)34-20-12-10-19(11-13-20)33-18-8-6-16(7-9-18)21-14-26-15-32-21/h6-15,17H,1-5H2,(H2,27,28,29,30,31). The van der Waals surface area contributed by atoms with Gasteiger partial charge in [-0.15, -0.1) is 0 Å². The maximum absolute atomic E-state index is 12.9. The van der Waals surface area contributed by atoms with Crippen molar-refractivity contribution in [2.24, 2.45) is 5.92 Å². The molecule has 5 rings (SSSR count). The van der Waals surface area contributed by atoms with Gasteiger partial charge in [0.25, 0.3) is 17.4 Å². The quantitative estimate of drug-likeness (QED) is 0.528. The average Bonchev–Trinajstić information content (AvgIpc) is 3.39. The summed E-state index contributed by atoms with van der Waals surface area (Å²) in [7, 11) is 0. The van der Waals surface area contributed by atoms with Crippen molar-refractivity contribution in [1.29, 1.82) is 0 Å². The van der Waals surface area contributed by atoms with E-state index in [1.807, 2.05) is 24.3 Å². The number of barbiturate groups is 1. The van der Waals surface area contributed by atoms with Crippen molar-refractivity contribution in [2.45, 2.75) is 37.7 Å². The van der Waals surface area contributed by atoms with Gasteiger partial charge in [0, 0.05) is 11.5 Å². The second-order valence-corrected chi connectivity index (χ2v) is 8.37. The van der Waals surface area contributed by atoms with E-state index in [2.05, 4.69) is 15.6 Å². The van der Waals surface area contributed by atoms with Gasteiger partial charge in [-0.3, -0.25) is 20.2 Å². The summed E-state index contributed by atoms with van der Waals surface area (Å²) in [6, 6.07) is 13.2. The maximum Gasteiger partial charge on any atom is 0.328 e. The van der Waals surface area contributed by atoms with E-state index in [0.29, 0.717) is 35.9 Å². The van der Waals surface area contributed by atoms with Gasteiger partial charge in [0.2, 0.25) is 0 Å². The molecule has 174 valence electrons. The van der Waals surface area contributed by atoms with Gasteiger partial charge in [0.15, 0.2) is 12.2 Å². The third-order valence-electron chi connectivity index (χ3n) is 6.22. The van der Waals surface area contributed by atoms with Gasteiger partial charge in [-0.25, -0.2) is 9.78 Å². The monoisotopic (exact) mass is 461 g/mol. The fraction of sp³-hybridized carbons (Fsp3) is 0.280. The van der Waals surface area contributed by atoms with E-state index in [1.165, 1.54) is 6.39 Å².